The van der Waals surface area contributed by atoms with Crippen molar-refractivity contribution in [3.05, 3.63) is 18.2 Å². The van der Waals surface area contributed by atoms with E-state index in [4.69, 9.17) is 9.72 Å². The molecule has 166 valence electrons. The second kappa shape index (κ2) is 8.16. The molecule has 10 heteroatoms. The van der Waals surface area contributed by atoms with Gasteiger partial charge in [0.2, 0.25) is 5.88 Å². The number of carboxylic acid groups (broad SMARTS) is 1. The molecule has 3 aromatic heterocycles. The minimum atomic E-state index is -0.909. The highest BCUT2D eigenvalue weighted by molar-refractivity contribution is 5.81. The first-order chi connectivity index (χ1) is 14.8. The zero-order valence-corrected chi connectivity index (χ0v) is 18.6. The molecule has 0 radical (unpaired) electrons. The maximum Gasteiger partial charge on any atom is 0.407 e. The van der Waals surface area contributed by atoms with E-state index in [1.54, 1.807) is 0 Å². The number of fused-ring (bicyclic) bond motifs is 1. The molecule has 0 bridgehead atoms. The Morgan fingerprint density at radius 3 is 2.77 bits per heavy atom. The van der Waals surface area contributed by atoms with Crippen LogP contribution in [0.2, 0.25) is 0 Å². The molecule has 1 N–H and O–H groups in total. The average Bonchev–Trinajstić information content (AvgIpc) is 3.38. The summed E-state index contributed by atoms with van der Waals surface area (Å²) in [5.41, 5.74) is 3.20. The van der Waals surface area contributed by atoms with Crippen LogP contribution in [-0.2, 0) is 13.6 Å². The van der Waals surface area contributed by atoms with Crippen LogP contribution in [0.1, 0.15) is 39.3 Å². The Bertz CT molecular complexity index is 1100. The van der Waals surface area contributed by atoms with E-state index in [1.165, 1.54) is 11.2 Å². The quantitative estimate of drug-likeness (QED) is 0.643. The van der Waals surface area contributed by atoms with Gasteiger partial charge in [0, 0.05) is 32.3 Å². The molecule has 2 atom stereocenters. The minimum absolute atomic E-state index is 0.212. The molecule has 1 saturated heterocycles. The van der Waals surface area contributed by atoms with Crippen LogP contribution in [0.3, 0.4) is 0 Å². The third-order valence-electron chi connectivity index (χ3n) is 5.97. The first-order valence-corrected chi connectivity index (χ1v) is 10.7. The predicted octanol–water partition coefficient (Wildman–Crippen LogP) is 3.10. The molecule has 1 amide bonds. The van der Waals surface area contributed by atoms with Crippen molar-refractivity contribution in [2.24, 2.45) is 13.0 Å². The van der Waals surface area contributed by atoms with Gasteiger partial charge in [-0.25, -0.2) is 14.8 Å². The average molecular weight is 428 g/mol. The molecule has 4 heterocycles. The summed E-state index contributed by atoms with van der Waals surface area (Å²) in [5.74, 6) is 1.48. The zero-order chi connectivity index (χ0) is 22.3. The molecule has 4 rings (SSSR count). The number of hydrogen-bond donors (Lipinski definition) is 1. The molecular weight excluding hydrogens is 398 g/mol. The molecule has 0 aliphatic carbocycles. The molecule has 3 aromatic rings. The second-order valence-corrected chi connectivity index (χ2v) is 8.42. The third kappa shape index (κ3) is 3.70. The van der Waals surface area contributed by atoms with Crippen LogP contribution in [0.15, 0.2) is 12.5 Å². The number of imidazole rings is 1. The number of hydrogen-bond acceptors (Lipinski definition) is 6. The fraction of sp³-hybridized carbons (Fsp3) is 0.571. The van der Waals surface area contributed by atoms with Crippen LogP contribution in [0.5, 0.6) is 5.88 Å². The summed E-state index contributed by atoms with van der Waals surface area (Å²) in [6.45, 7) is 9.47. The van der Waals surface area contributed by atoms with E-state index in [9.17, 15) is 9.90 Å². The fourth-order valence-corrected chi connectivity index (χ4v) is 4.40. The van der Waals surface area contributed by atoms with Crippen molar-refractivity contribution in [1.29, 1.82) is 0 Å². The van der Waals surface area contributed by atoms with E-state index in [2.05, 4.69) is 28.9 Å². The van der Waals surface area contributed by atoms with Gasteiger partial charge in [-0.2, -0.15) is 10.1 Å². The number of carbonyl (C=O) groups is 1. The summed E-state index contributed by atoms with van der Waals surface area (Å²) < 4.78 is 10.1. The monoisotopic (exact) mass is 427 g/mol. The zero-order valence-electron chi connectivity index (χ0n) is 18.6. The molecule has 1 aliphatic rings. The molecule has 1 aliphatic heterocycles. The van der Waals surface area contributed by atoms with Crippen molar-refractivity contribution >= 4 is 17.3 Å². The van der Waals surface area contributed by atoms with Gasteiger partial charge in [-0.05, 0) is 26.2 Å². The van der Waals surface area contributed by atoms with E-state index < -0.39 is 6.09 Å². The Hall–Kier alpha value is -3.17. The number of aryl methyl sites for hydroxylation is 2. The predicted molar refractivity (Wildman–Crippen MR) is 115 cm³/mol. The number of likely N-dealkylation sites (tertiary alicyclic amines) is 1. The van der Waals surface area contributed by atoms with E-state index in [0.717, 1.165) is 30.0 Å². The lowest BCUT2D eigenvalue weighted by Crippen LogP contribution is -2.41. The summed E-state index contributed by atoms with van der Waals surface area (Å²) in [6.07, 6.45) is 3.45. The van der Waals surface area contributed by atoms with Crippen LogP contribution in [0, 0.1) is 12.8 Å². The first kappa shape index (κ1) is 21.1. The maximum atomic E-state index is 11.7. The lowest BCUT2D eigenvalue weighted by Gasteiger charge is -2.27. The lowest BCUT2D eigenvalue weighted by atomic mass is 10.00. The highest BCUT2D eigenvalue weighted by Gasteiger charge is 2.39. The Kier molecular flexibility index (Phi) is 5.55. The van der Waals surface area contributed by atoms with Gasteiger partial charge in [-0.3, -0.25) is 4.68 Å². The van der Waals surface area contributed by atoms with Gasteiger partial charge in [-0.1, -0.05) is 13.8 Å². The fourth-order valence-electron chi connectivity index (χ4n) is 4.40. The van der Waals surface area contributed by atoms with Crippen LogP contribution in [0.4, 0.5) is 4.79 Å². The van der Waals surface area contributed by atoms with Gasteiger partial charge >= 0.3 is 6.09 Å². The van der Waals surface area contributed by atoms with Crippen LogP contribution < -0.4 is 4.74 Å². The van der Waals surface area contributed by atoms with Crippen molar-refractivity contribution in [2.75, 3.05) is 6.54 Å². The van der Waals surface area contributed by atoms with Crippen LogP contribution in [0.25, 0.3) is 22.6 Å². The Morgan fingerprint density at radius 2 is 2.13 bits per heavy atom. The normalized spacial score (nSPS) is 19.0. The molecule has 2 unspecified atom stereocenters. The van der Waals surface area contributed by atoms with E-state index in [0.29, 0.717) is 35.9 Å². The lowest BCUT2D eigenvalue weighted by molar-refractivity contribution is 0.1000. The summed E-state index contributed by atoms with van der Waals surface area (Å²) in [5, 5.41) is 14.0. The molecule has 0 aromatic carbocycles. The highest BCUT2D eigenvalue weighted by atomic mass is 16.5. The topological polar surface area (TPSA) is 111 Å². The van der Waals surface area contributed by atoms with Crippen molar-refractivity contribution in [3.63, 3.8) is 0 Å². The minimum Gasteiger partial charge on any atom is -0.470 e. The molecular formula is C21H29N7O3. The standard InChI is InChI=1S/C21H29N7O3/c1-6-28-13(4)14(10-24-28)18-25-17-19(26(18)5)22-11-23-20(17)31-16-7-8-27(21(29)30)15(16)9-12(2)3/h10-12,15-16H,6-9H2,1-5H3,(H,29,30). The van der Waals surface area contributed by atoms with E-state index >= 15 is 0 Å². The van der Waals surface area contributed by atoms with Gasteiger partial charge in [0.1, 0.15) is 18.3 Å². The van der Waals surface area contributed by atoms with Gasteiger partial charge in [0.25, 0.3) is 0 Å². The van der Waals surface area contributed by atoms with Gasteiger partial charge < -0.3 is 19.3 Å². The summed E-state index contributed by atoms with van der Waals surface area (Å²) in [4.78, 5) is 26.7. The van der Waals surface area contributed by atoms with Crippen LogP contribution >= 0.6 is 0 Å². The maximum absolute atomic E-state index is 11.7. The van der Waals surface area contributed by atoms with Gasteiger partial charge in [-0.15, -0.1) is 0 Å². The highest BCUT2D eigenvalue weighted by Crippen LogP contribution is 2.32. The van der Waals surface area contributed by atoms with Gasteiger partial charge in [0.15, 0.2) is 11.2 Å². The molecule has 1 fully saturated rings. The van der Waals surface area contributed by atoms with E-state index in [1.807, 2.05) is 36.3 Å². The van der Waals surface area contributed by atoms with E-state index in [-0.39, 0.29) is 12.1 Å². The van der Waals surface area contributed by atoms with Crippen molar-refractivity contribution in [1.82, 2.24) is 34.2 Å². The molecule has 0 spiro atoms. The number of nitrogens with zero attached hydrogens (tertiary/aromatic N) is 7. The Balaban J connectivity index is 1.70. The van der Waals surface area contributed by atoms with Crippen molar-refractivity contribution in [3.8, 4) is 17.3 Å². The Labute approximate surface area is 180 Å². The first-order valence-electron chi connectivity index (χ1n) is 10.7. The molecule has 10 nitrogen and oxygen atoms in total. The van der Waals surface area contributed by atoms with Crippen LogP contribution in [-0.4, -0.2) is 64.1 Å². The second-order valence-electron chi connectivity index (χ2n) is 8.42. The van der Waals surface area contributed by atoms with Crippen molar-refractivity contribution < 1.29 is 14.6 Å². The number of aromatic nitrogens is 6. The Morgan fingerprint density at radius 1 is 1.35 bits per heavy atom. The smallest absolute Gasteiger partial charge is 0.407 e. The molecule has 0 saturated carbocycles. The van der Waals surface area contributed by atoms with Crippen molar-refractivity contribution in [2.45, 2.75) is 59.2 Å². The van der Waals surface area contributed by atoms with Gasteiger partial charge in [0.05, 0.1) is 17.8 Å². The number of ether oxygens (including phenoxy) is 1. The summed E-state index contributed by atoms with van der Waals surface area (Å²) in [7, 11) is 1.91. The third-order valence-corrected chi connectivity index (χ3v) is 5.97. The molecule has 31 heavy (non-hydrogen) atoms. The SMILES string of the molecule is CCn1ncc(-c2nc3c(OC4CCN(C(=O)O)C4CC(C)C)ncnc3n2C)c1C. The number of rotatable bonds is 6. The summed E-state index contributed by atoms with van der Waals surface area (Å²) in [6, 6.07) is -0.212. The summed E-state index contributed by atoms with van der Waals surface area (Å²) >= 11 is 0. The largest absolute Gasteiger partial charge is 0.470 e. The number of amides is 1.